The van der Waals surface area contributed by atoms with Crippen LogP contribution in [0.15, 0.2) is 36.8 Å². The number of aromatic amines is 1. The highest BCUT2D eigenvalue weighted by molar-refractivity contribution is 7.80. The van der Waals surface area contributed by atoms with Gasteiger partial charge in [-0.05, 0) is 50.3 Å². The van der Waals surface area contributed by atoms with E-state index in [-0.39, 0.29) is 86.1 Å². The van der Waals surface area contributed by atoms with Crippen molar-refractivity contribution in [2.24, 2.45) is 17.2 Å². The highest BCUT2D eigenvalue weighted by atomic mass is 32.1. The third kappa shape index (κ3) is 26.1. The number of aromatic nitrogens is 2. The van der Waals surface area contributed by atoms with Crippen LogP contribution in [0.2, 0.25) is 0 Å². The SMILES string of the molecule is CC(=O)N[C@@H](CS)C(=O)N[C@@H](CS)C(=O)N[C@@H](CC(N)=O)C(=O)N1CCC[C@H]1C(=O)N[C@@H](C)C(=O)N[C@@H](CS)C(=O)NCC(=O)N[C@@H](CCCNC(=N)N)C(=O)N[C@@H](Cc1c[nH]cn1)C(=O)N[C@@H](Cc1ccc(O)cc1)C(=O)N[C@@H](CO)C(=O)N[C@@H](CS)C(N)=O. The van der Waals surface area contributed by atoms with Crippen LogP contribution in [0.25, 0.3) is 0 Å². The van der Waals surface area contributed by atoms with Gasteiger partial charge < -0.3 is 101 Å². The molecule has 0 spiro atoms. The number of primary amides is 2. The lowest BCUT2D eigenvalue weighted by molar-refractivity contribution is -0.143. The van der Waals surface area contributed by atoms with Gasteiger partial charge in [0.1, 0.15) is 72.2 Å². The Bertz CT molecular complexity index is 2920. The summed E-state index contributed by atoms with van der Waals surface area (Å²) in [5, 5.41) is 56.6. The number of nitrogens with zero attached hydrogens (tertiary/aromatic N) is 2. The van der Waals surface area contributed by atoms with Crippen LogP contribution < -0.4 is 81.0 Å². The number of imidazole rings is 1. The Morgan fingerprint density at radius 3 is 1.68 bits per heavy atom. The number of nitrogens with one attached hydrogen (secondary N) is 14. The molecule has 39 heteroatoms. The number of phenols is 1. The molecule has 11 atom stereocenters. The van der Waals surface area contributed by atoms with Crippen molar-refractivity contribution < 1.29 is 77.3 Å². The lowest BCUT2D eigenvalue weighted by atomic mass is 10.0. The van der Waals surface area contributed by atoms with Gasteiger partial charge in [-0.2, -0.15) is 50.5 Å². The minimum atomic E-state index is -1.67. The zero-order valence-corrected chi connectivity index (χ0v) is 53.0. The molecule has 1 aliphatic heterocycles. The van der Waals surface area contributed by atoms with Crippen LogP contribution in [0.5, 0.6) is 5.75 Å². The van der Waals surface area contributed by atoms with E-state index in [1.807, 2.05) is 0 Å². The molecule has 0 unspecified atom stereocenters. The fourth-order valence-electron chi connectivity index (χ4n) is 8.67. The standard InChI is InChI=1S/C52H79N19O16S4/c1-24(61-50(86)38-6-4-12-71(38)51(87)32(15-39(53)75)66-49(85)37(22-91)70-48(84)36(21-90)62-25(2)73)42(78)69-35(20-89)43(79)59-17-40(76)63-29(5-3-11-58-52(55)56)44(80)65-31(14-27-16-57-23-60-27)46(82)64-30(13-26-7-9-28(74)10-8-26)45(81)67-33(18-72)47(83)68-34(19-88)41(54)77/h7-10,16,23-24,29-38,72,74,88-91H,3-6,11-15,17-22H2,1-2H3,(H2,53,75)(H2,54,77)(H,57,60)(H,59,79)(H,61,86)(H,62,73)(H,63,76)(H,64,82)(H,65,80)(H,66,85)(H,67,81)(H,68,83)(H,69,78)(H,70,84)(H4,55,56,58)/t24-,29-,30-,31-,32-,33-,34-,35-,36-,37-,38-/m0/s1. The summed E-state index contributed by atoms with van der Waals surface area (Å²) in [4.78, 5) is 193. The van der Waals surface area contributed by atoms with Crippen LogP contribution in [0.4, 0.5) is 0 Å². The van der Waals surface area contributed by atoms with E-state index in [4.69, 9.17) is 22.6 Å². The number of aliphatic hydroxyl groups excluding tert-OH is 1. The van der Waals surface area contributed by atoms with Gasteiger partial charge in [0, 0.05) is 62.1 Å². The van der Waals surface area contributed by atoms with Gasteiger partial charge in [-0.15, -0.1) is 0 Å². The number of likely N-dealkylation sites (tertiary alicyclic amines) is 1. The third-order valence-electron chi connectivity index (χ3n) is 13.4. The Morgan fingerprint density at radius 1 is 0.637 bits per heavy atom. The van der Waals surface area contributed by atoms with Gasteiger partial charge in [-0.25, -0.2) is 4.98 Å². The van der Waals surface area contributed by atoms with Crippen molar-refractivity contribution in [1.82, 2.24) is 78.7 Å². The normalized spacial score (nSPS) is 15.9. The summed E-state index contributed by atoms with van der Waals surface area (Å²) in [6.07, 6.45) is 1.64. The van der Waals surface area contributed by atoms with E-state index in [0.29, 0.717) is 5.56 Å². The van der Waals surface area contributed by atoms with Crippen molar-refractivity contribution in [2.45, 2.75) is 125 Å². The molecule has 1 aliphatic rings. The molecule has 1 fully saturated rings. The van der Waals surface area contributed by atoms with Gasteiger partial charge in [0.25, 0.3) is 0 Å². The minimum absolute atomic E-state index is 0.0251. The second-order valence-corrected chi connectivity index (χ2v) is 22.0. The maximum absolute atomic E-state index is 14.3. The summed E-state index contributed by atoms with van der Waals surface area (Å²) >= 11 is 16.3. The largest absolute Gasteiger partial charge is 0.508 e. The Kier molecular flexibility index (Phi) is 32.8. The van der Waals surface area contributed by atoms with Crippen LogP contribution in [0, 0.1) is 5.41 Å². The lowest BCUT2D eigenvalue weighted by Crippen LogP contribution is -2.60. The number of benzene rings is 1. The van der Waals surface area contributed by atoms with Crippen LogP contribution in [0.3, 0.4) is 0 Å². The molecule has 1 aromatic carbocycles. The predicted molar refractivity (Wildman–Crippen MR) is 337 cm³/mol. The van der Waals surface area contributed by atoms with Crippen molar-refractivity contribution >= 4 is 139 Å². The molecule has 91 heavy (non-hydrogen) atoms. The molecule has 1 saturated heterocycles. The van der Waals surface area contributed by atoms with Crippen LogP contribution in [-0.2, 0) is 80.0 Å². The van der Waals surface area contributed by atoms with Gasteiger partial charge in [0.15, 0.2) is 5.96 Å². The maximum Gasteiger partial charge on any atom is 0.246 e. The number of phenolic OH excluding ortho intramolecular Hbond substituents is 1. The molecule has 22 N–H and O–H groups in total. The molecule has 14 amide bonds. The van der Waals surface area contributed by atoms with Gasteiger partial charge in [-0.1, -0.05) is 12.1 Å². The fourth-order valence-corrected chi connectivity index (χ4v) is 9.71. The monoisotopic (exact) mass is 1350 g/mol. The molecular weight excluding hydrogens is 1270 g/mol. The van der Waals surface area contributed by atoms with Crippen molar-refractivity contribution in [3.63, 3.8) is 0 Å². The van der Waals surface area contributed by atoms with E-state index in [1.54, 1.807) is 0 Å². The van der Waals surface area contributed by atoms with Crippen LogP contribution in [0.1, 0.15) is 57.2 Å². The second-order valence-electron chi connectivity index (χ2n) is 20.5. The van der Waals surface area contributed by atoms with E-state index in [1.165, 1.54) is 50.6 Å². The number of aromatic hydroxyl groups is 1. The summed E-state index contributed by atoms with van der Waals surface area (Å²) in [6.45, 7) is 0.657. The van der Waals surface area contributed by atoms with Gasteiger partial charge >= 0.3 is 0 Å². The van der Waals surface area contributed by atoms with E-state index in [9.17, 15) is 77.3 Å². The number of carbonyl (C=O) groups excluding carboxylic acids is 14. The summed E-state index contributed by atoms with van der Waals surface area (Å²) < 4.78 is 0. The fraction of sp³-hybridized carbons (Fsp3) is 0.538. The number of H-pyrrole nitrogens is 1. The highest BCUT2D eigenvalue weighted by Crippen LogP contribution is 2.20. The van der Waals surface area contributed by atoms with Crippen LogP contribution >= 0.6 is 50.5 Å². The molecule has 502 valence electrons. The summed E-state index contributed by atoms with van der Waals surface area (Å²) in [7, 11) is 0. The molecule has 35 nitrogen and oxygen atoms in total. The molecule has 2 aromatic rings. The van der Waals surface area contributed by atoms with Crippen LogP contribution in [-0.4, -0.2) is 229 Å². The molecule has 2 heterocycles. The van der Waals surface area contributed by atoms with E-state index >= 15 is 0 Å². The number of nitrogens with two attached hydrogens (primary N) is 3. The Balaban J connectivity index is 1.75. The van der Waals surface area contributed by atoms with E-state index < -0.39 is 175 Å². The number of carbonyl (C=O) groups is 14. The first kappa shape index (κ1) is 76.7. The Labute approximate surface area is 543 Å². The van der Waals surface area contributed by atoms with Gasteiger partial charge in [0.05, 0.1) is 31.6 Å². The topological polar surface area (TPSA) is 558 Å². The zero-order chi connectivity index (χ0) is 68.1. The van der Waals surface area contributed by atoms with Crippen molar-refractivity contribution in [2.75, 3.05) is 49.3 Å². The van der Waals surface area contributed by atoms with E-state index in [0.717, 1.165) is 4.90 Å². The summed E-state index contributed by atoms with van der Waals surface area (Å²) in [6, 6.07) is -10.2. The average molecular weight is 1350 g/mol. The van der Waals surface area contributed by atoms with E-state index in [2.05, 4.69) is 124 Å². The highest BCUT2D eigenvalue weighted by Gasteiger charge is 2.41. The number of aliphatic hydroxyl groups is 1. The first-order valence-electron chi connectivity index (χ1n) is 28.1. The Morgan fingerprint density at radius 2 is 1.14 bits per heavy atom. The zero-order valence-electron chi connectivity index (χ0n) is 49.4. The molecule has 3 rings (SSSR count). The van der Waals surface area contributed by atoms with Gasteiger partial charge in [0.2, 0.25) is 82.7 Å². The molecule has 0 saturated carbocycles. The molecule has 0 aliphatic carbocycles. The lowest BCUT2D eigenvalue weighted by Gasteiger charge is -2.30. The quantitative estimate of drug-likeness (QED) is 0.0128. The van der Waals surface area contributed by atoms with Crippen molar-refractivity contribution in [3.05, 3.63) is 48.0 Å². The molecule has 1 aromatic heterocycles. The first-order valence-corrected chi connectivity index (χ1v) is 30.6. The minimum Gasteiger partial charge on any atom is -0.508 e. The Hall–Kier alpha value is -8.56. The molecule has 0 radical (unpaired) electrons. The average Bonchev–Trinajstić information content (AvgIpc) is 1.96. The smallest absolute Gasteiger partial charge is 0.246 e. The third-order valence-corrected chi connectivity index (χ3v) is 14.9. The first-order chi connectivity index (χ1) is 43.0. The maximum atomic E-state index is 14.3. The van der Waals surface area contributed by atoms with Gasteiger partial charge in [-0.3, -0.25) is 72.5 Å². The number of amides is 14. The summed E-state index contributed by atoms with van der Waals surface area (Å²) in [5.74, 6) is -14.3. The van der Waals surface area contributed by atoms with Crippen molar-refractivity contribution in [3.8, 4) is 5.75 Å². The van der Waals surface area contributed by atoms with Crippen molar-refractivity contribution in [1.29, 1.82) is 5.41 Å². The second kappa shape index (κ2) is 38.9. The number of hydrogen-bond donors (Lipinski definition) is 23. The summed E-state index contributed by atoms with van der Waals surface area (Å²) in [5.41, 5.74) is 16.8. The number of thiol groups is 4. The number of hydrogen-bond acceptors (Lipinski definition) is 22. The predicted octanol–water partition coefficient (Wildman–Crippen LogP) is -8.77. The molecular formula is C52H79N19O16S4. The number of guanidine groups is 1. The number of rotatable bonds is 38. The molecule has 0 bridgehead atoms.